The Morgan fingerprint density at radius 3 is 1.28 bits per heavy atom. The molecule has 0 aliphatic heterocycles. The number of phosphoric acid groups is 1. The van der Waals surface area contributed by atoms with Crippen LogP contribution in [0.15, 0.2) is 24.3 Å². The predicted molar refractivity (Wildman–Crippen MR) is 233 cm³/mol. The average molecular weight is 831 g/mol. The van der Waals surface area contributed by atoms with Gasteiger partial charge in [0.05, 0.1) is 19.8 Å². The number of esters is 2. The summed E-state index contributed by atoms with van der Waals surface area (Å²) in [5, 5.41) is 18.3. The molecule has 0 fully saturated rings. The molecule has 3 N–H and O–H groups in total. The van der Waals surface area contributed by atoms with Gasteiger partial charge in [-0.2, -0.15) is 0 Å². The molecule has 0 saturated carbocycles. The topological polar surface area (TPSA) is 149 Å². The summed E-state index contributed by atoms with van der Waals surface area (Å²) in [5.74, 6) is -0.929. The molecule has 0 bridgehead atoms. The van der Waals surface area contributed by atoms with Crippen LogP contribution in [0.3, 0.4) is 0 Å². The van der Waals surface area contributed by atoms with E-state index in [-0.39, 0.29) is 19.4 Å². The van der Waals surface area contributed by atoms with Crippen LogP contribution in [0.25, 0.3) is 0 Å². The predicted octanol–water partition coefficient (Wildman–Crippen LogP) is 12.6. The highest BCUT2D eigenvalue weighted by Gasteiger charge is 2.27. The van der Waals surface area contributed by atoms with Gasteiger partial charge < -0.3 is 24.6 Å². The Morgan fingerprint density at radius 1 is 0.509 bits per heavy atom. The molecular formula is C46H87O10P. The molecule has 57 heavy (non-hydrogen) atoms. The first-order valence-corrected chi connectivity index (χ1v) is 24.8. The van der Waals surface area contributed by atoms with E-state index < -0.39 is 51.8 Å². The molecule has 0 aromatic heterocycles. The van der Waals surface area contributed by atoms with Gasteiger partial charge in [0.25, 0.3) is 0 Å². The Kier molecular flexibility index (Phi) is 41.4. The van der Waals surface area contributed by atoms with Crippen LogP contribution in [0.2, 0.25) is 0 Å². The molecule has 0 amide bonds. The van der Waals surface area contributed by atoms with E-state index in [1.54, 1.807) is 0 Å². The minimum atomic E-state index is -4.62. The van der Waals surface area contributed by atoms with Crippen molar-refractivity contribution in [3.05, 3.63) is 24.3 Å². The molecule has 3 atom stereocenters. The second kappa shape index (κ2) is 42.6. The second-order valence-corrected chi connectivity index (χ2v) is 17.2. The molecule has 1 unspecified atom stereocenters. The van der Waals surface area contributed by atoms with Crippen molar-refractivity contribution in [2.45, 2.75) is 232 Å². The monoisotopic (exact) mass is 831 g/mol. The maximum atomic E-state index is 12.6. The summed E-state index contributed by atoms with van der Waals surface area (Å²) in [4.78, 5) is 35.0. The Morgan fingerprint density at radius 2 is 0.860 bits per heavy atom. The lowest BCUT2D eigenvalue weighted by Crippen LogP contribution is -2.29. The summed E-state index contributed by atoms with van der Waals surface area (Å²) in [6.07, 6.45) is 42.9. The van der Waals surface area contributed by atoms with Crippen LogP contribution < -0.4 is 0 Å². The van der Waals surface area contributed by atoms with Crippen molar-refractivity contribution >= 4 is 19.8 Å². The largest absolute Gasteiger partial charge is 0.472 e. The van der Waals surface area contributed by atoms with Crippen molar-refractivity contribution in [3.63, 3.8) is 0 Å². The Balaban J connectivity index is 4.18. The number of hydrogen-bond donors (Lipinski definition) is 3. The Bertz CT molecular complexity index is 1000. The van der Waals surface area contributed by atoms with Crippen molar-refractivity contribution in [2.24, 2.45) is 0 Å². The summed E-state index contributed by atoms with van der Waals surface area (Å²) in [5.41, 5.74) is 0. The van der Waals surface area contributed by atoms with Gasteiger partial charge >= 0.3 is 19.8 Å². The fourth-order valence-corrected chi connectivity index (χ4v) is 7.24. The van der Waals surface area contributed by atoms with E-state index in [1.165, 1.54) is 122 Å². The smallest absolute Gasteiger partial charge is 0.462 e. The molecule has 0 aliphatic rings. The number of aliphatic hydroxyl groups is 2. The summed E-state index contributed by atoms with van der Waals surface area (Å²) in [6.45, 7) is 2.37. The van der Waals surface area contributed by atoms with Crippen LogP contribution in [0.1, 0.15) is 219 Å². The number of ether oxygens (including phenoxy) is 2. The van der Waals surface area contributed by atoms with Gasteiger partial charge in [-0.3, -0.25) is 18.6 Å². The van der Waals surface area contributed by atoms with Crippen LogP contribution >= 0.6 is 7.82 Å². The number of phosphoric ester groups is 1. The molecule has 0 rings (SSSR count). The van der Waals surface area contributed by atoms with Crippen LogP contribution in [0.4, 0.5) is 0 Å². The first kappa shape index (κ1) is 55.5. The summed E-state index contributed by atoms with van der Waals surface area (Å²) >= 11 is 0. The zero-order valence-electron chi connectivity index (χ0n) is 36.6. The van der Waals surface area contributed by atoms with E-state index in [4.69, 9.17) is 23.6 Å². The van der Waals surface area contributed by atoms with Gasteiger partial charge in [0.15, 0.2) is 6.10 Å². The minimum Gasteiger partial charge on any atom is -0.462 e. The number of carbonyl (C=O) groups excluding carboxylic acids is 2. The molecule has 0 radical (unpaired) electrons. The lowest BCUT2D eigenvalue weighted by Gasteiger charge is -2.20. The molecule has 11 heteroatoms. The maximum Gasteiger partial charge on any atom is 0.472 e. The third-order valence-corrected chi connectivity index (χ3v) is 11.0. The van der Waals surface area contributed by atoms with E-state index >= 15 is 0 Å². The number of rotatable bonds is 44. The SMILES string of the molecule is CCCCCC/C=C/CCCCCCCC(=O)O[C@@H](COC(=O)CCCCCCCCCCCCC/C=C/CCCCCCCC)COP(=O)(O)OC[C@H](O)CO. The fourth-order valence-electron chi connectivity index (χ4n) is 6.45. The van der Waals surface area contributed by atoms with Crippen LogP contribution in [0.5, 0.6) is 0 Å². The van der Waals surface area contributed by atoms with Crippen molar-refractivity contribution in [1.82, 2.24) is 0 Å². The van der Waals surface area contributed by atoms with Crippen molar-refractivity contribution in [3.8, 4) is 0 Å². The lowest BCUT2D eigenvalue weighted by atomic mass is 10.0. The molecule has 336 valence electrons. The summed E-state index contributed by atoms with van der Waals surface area (Å²) in [6, 6.07) is 0. The van der Waals surface area contributed by atoms with E-state index in [2.05, 4.69) is 38.2 Å². The van der Waals surface area contributed by atoms with E-state index in [0.717, 1.165) is 57.8 Å². The van der Waals surface area contributed by atoms with Crippen molar-refractivity contribution in [2.75, 3.05) is 26.4 Å². The van der Waals surface area contributed by atoms with E-state index in [0.29, 0.717) is 12.8 Å². The van der Waals surface area contributed by atoms with Crippen molar-refractivity contribution < 1.29 is 47.8 Å². The minimum absolute atomic E-state index is 0.176. The highest BCUT2D eigenvalue weighted by molar-refractivity contribution is 7.47. The molecule has 0 aromatic carbocycles. The van der Waals surface area contributed by atoms with Crippen LogP contribution in [-0.4, -0.2) is 65.7 Å². The number of hydrogen-bond acceptors (Lipinski definition) is 9. The second-order valence-electron chi connectivity index (χ2n) is 15.8. The van der Waals surface area contributed by atoms with Gasteiger partial charge in [0, 0.05) is 12.8 Å². The van der Waals surface area contributed by atoms with Crippen LogP contribution in [-0.2, 0) is 32.7 Å². The lowest BCUT2D eigenvalue weighted by molar-refractivity contribution is -0.161. The van der Waals surface area contributed by atoms with Crippen LogP contribution in [0, 0.1) is 0 Å². The Labute approximate surface area is 348 Å². The quantitative estimate of drug-likeness (QED) is 0.0234. The average Bonchev–Trinajstić information content (AvgIpc) is 3.20. The standard InChI is InChI=1S/C46H87O10P/c1-3-5-7-9-11-13-15-17-18-19-20-21-22-23-24-26-27-29-31-33-35-37-45(49)53-41-44(42-55-57(51,52)54-40-43(48)39-47)56-46(50)38-36-34-32-30-28-25-16-14-12-10-8-6-4-2/h14,16-18,43-44,47-48H,3-13,15,19-42H2,1-2H3,(H,51,52)/b16-14+,18-17+/t43-,44+/m1/s1. The van der Waals surface area contributed by atoms with Gasteiger partial charge in [-0.25, -0.2) is 4.57 Å². The molecule has 0 spiro atoms. The van der Waals surface area contributed by atoms with Gasteiger partial charge in [0.1, 0.15) is 12.7 Å². The molecule has 0 saturated heterocycles. The summed E-state index contributed by atoms with van der Waals surface area (Å²) in [7, 11) is -4.62. The Hall–Kier alpha value is -1.55. The number of carbonyl (C=O) groups is 2. The number of aliphatic hydroxyl groups excluding tert-OH is 2. The first-order valence-electron chi connectivity index (χ1n) is 23.3. The molecule has 0 aromatic rings. The van der Waals surface area contributed by atoms with Gasteiger partial charge in [-0.15, -0.1) is 0 Å². The fraction of sp³-hybridized carbons (Fsp3) is 0.870. The zero-order valence-corrected chi connectivity index (χ0v) is 37.5. The molecule has 0 heterocycles. The third kappa shape index (κ3) is 42.4. The van der Waals surface area contributed by atoms with Gasteiger partial charge in [-0.05, 0) is 64.2 Å². The van der Waals surface area contributed by atoms with Crippen molar-refractivity contribution in [1.29, 1.82) is 0 Å². The summed E-state index contributed by atoms with van der Waals surface area (Å²) < 4.78 is 32.7. The first-order chi connectivity index (χ1) is 27.7. The normalized spacial score (nSPS) is 14.0. The van der Waals surface area contributed by atoms with Gasteiger partial charge in [0.2, 0.25) is 0 Å². The highest BCUT2D eigenvalue weighted by Crippen LogP contribution is 2.43. The van der Waals surface area contributed by atoms with Gasteiger partial charge in [-0.1, -0.05) is 167 Å². The maximum absolute atomic E-state index is 12.6. The highest BCUT2D eigenvalue weighted by atomic mass is 31.2. The molecular weight excluding hydrogens is 743 g/mol. The van der Waals surface area contributed by atoms with E-state index in [1.807, 2.05) is 0 Å². The van der Waals surface area contributed by atoms with E-state index in [9.17, 15) is 24.2 Å². The zero-order chi connectivity index (χ0) is 41.9. The molecule has 10 nitrogen and oxygen atoms in total. The number of allylic oxidation sites excluding steroid dienone is 4. The number of unbranched alkanes of at least 4 members (excludes halogenated alkanes) is 26. The molecule has 0 aliphatic carbocycles. The third-order valence-electron chi connectivity index (χ3n) is 10.1.